The lowest BCUT2D eigenvalue weighted by atomic mass is 10.2. The molecule has 1 atom stereocenters. The van der Waals surface area contributed by atoms with E-state index in [2.05, 4.69) is 4.99 Å². The van der Waals surface area contributed by atoms with Gasteiger partial charge >= 0.3 is 0 Å². The van der Waals surface area contributed by atoms with Crippen LogP contribution in [0.2, 0.25) is 0 Å². The van der Waals surface area contributed by atoms with E-state index in [1.165, 1.54) is 0 Å². The zero-order valence-electron chi connectivity index (χ0n) is 8.15. The summed E-state index contributed by atoms with van der Waals surface area (Å²) < 4.78 is 0. The van der Waals surface area contributed by atoms with Gasteiger partial charge in [0, 0.05) is 6.54 Å². The van der Waals surface area contributed by atoms with Gasteiger partial charge in [-0.25, -0.2) is 4.99 Å². The Morgan fingerprint density at radius 1 is 1.29 bits per heavy atom. The van der Waals surface area contributed by atoms with Crippen molar-refractivity contribution in [3.63, 3.8) is 0 Å². The summed E-state index contributed by atoms with van der Waals surface area (Å²) >= 11 is 0. The third kappa shape index (κ3) is 1.81. The zero-order valence-corrected chi connectivity index (χ0v) is 8.15. The van der Waals surface area contributed by atoms with Gasteiger partial charge in [0.05, 0.1) is 6.04 Å². The summed E-state index contributed by atoms with van der Waals surface area (Å²) in [5.41, 5.74) is 11.1. The molecule has 1 saturated heterocycles. The molecule has 2 fully saturated rings. The van der Waals surface area contributed by atoms with E-state index >= 15 is 0 Å². The van der Waals surface area contributed by atoms with Gasteiger partial charge in [-0.1, -0.05) is 0 Å². The van der Waals surface area contributed by atoms with Crippen molar-refractivity contribution in [1.82, 2.24) is 4.90 Å². The number of carbonyl (C=O) groups excluding carboxylic acids is 1. The molecule has 4 N–H and O–H groups in total. The van der Waals surface area contributed by atoms with Gasteiger partial charge in [0.15, 0.2) is 5.96 Å². The number of rotatable bonds is 2. The van der Waals surface area contributed by atoms with Crippen LogP contribution in [-0.2, 0) is 4.79 Å². The molecule has 0 aromatic carbocycles. The summed E-state index contributed by atoms with van der Waals surface area (Å²) in [6, 6.07) is 0.154. The van der Waals surface area contributed by atoms with Crippen molar-refractivity contribution in [2.24, 2.45) is 16.5 Å². The normalized spacial score (nSPS) is 28.1. The molecule has 0 radical (unpaired) electrons. The number of amides is 1. The van der Waals surface area contributed by atoms with Gasteiger partial charge in [0.25, 0.3) is 0 Å². The molecule has 1 aliphatic heterocycles. The lowest BCUT2D eigenvalue weighted by Crippen LogP contribution is -2.47. The Hall–Kier alpha value is -1.26. The number of aliphatic imine (C=N–C) groups is 1. The van der Waals surface area contributed by atoms with E-state index in [4.69, 9.17) is 11.5 Å². The lowest BCUT2D eigenvalue weighted by molar-refractivity contribution is -0.121. The van der Waals surface area contributed by atoms with E-state index < -0.39 is 0 Å². The highest BCUT2D eigenvalue weighted by molar-refractivity contribution is 5.88. The molecular formula is C9H16N4O. The van der Waals surface area contributed by atoms with Crippen molar-refractivity contribution in [2.45, 2.75) is 37.8 Å². The number of nitrogens with zero attached hydrogens (tertiary/aromatic N) is 2. The molecule has 0 aromatic rings. The number of hydrogen-bond donors (Lipinski definition) is 2. The maximum Gasteiger partial charge on any atom is 0.240 e. The van der Waals surface area contributed by atoms with Crippen LogP contribution in [0.4, 0.5) is 0 Å². The second kappa shape index (κ2) is 3.48. The fourth-order valence-electron chi connectivity index (χ4n) is 1.80. The van der Waals surface area contributed by atoms with Crippen LogP contribution < -0.4 is 11.5 Å². The molecule has 1 saturated carbocycles. The molecule has 78 valence electrons. The van der Waals surface area contributed by atoms with Gasteiger partial charge < -0.3 is 16.4 Å². The minimum atomic E-state index is -0.295. The third-order valence-corrected chi connectivity index (χ3v) is 2.74. The van der Waals surface area contributed by atoms with E-state index in [1.807, 2.05) is 4.90 Å². The van der Waals surface area contributed by atoms with Gasteiger partial charge in [0.1, 0.15) is 6.04 Å². The molecule has 5 heteroatoms. The Kier molecular flexibility index (Phi) is 2.31. The Morgan fingerprint density at radius 2 is 2.00 bits per heavy atom. The van der Waals surface area contributed by atoms with E-state index in [1.54, 1.807) is 0 Å². The van der Waals surface area contributed by atoms with Crippen molar-refractivity contribution in [2.75, 3.05) is 6.54 Å². The number of guanidine groups is 1. The van der Waals surface area contributed by atoms with Crippen molar-refractivity contribution in [3.05, 3.63) is 0 Å². The average Bonchev–Trinajstić information content (AvgIpc) is 2.81. The van der Waals surface area contributed by atoms with Crippen LogP contribution in [-0.4, -0.2) is 35.4 Å². The van der Waals surface area contributed by atoms with Crippen LogP contribution in [0.15, 0.2) is 4.99 Å². The van der Waals surface area contributed by atoms with Crippen LogP contribution in [0.25, 0.3) is 0 Å². The summed E-state index contributed by atoms with van der Waals surface area (Å²) in [5, 5.41) is 0. The maximum atomic E-state index is 11.1. The van der Waals surface area contributed by atoms with Gasteiger partial charge in [-0.3, -0.25) is 4.79 Å². The van der Waals surface area contributed by atoms with Gasteiger partial charge in [-0.2, -0.15) is 0 Å². The number of nitrogens with two attached hydrogens (primary N) is 2. The van der Waals surface area contributed by atoms with Crippen molar-refractivity contribution in [3.8, 4) is 0 Å². The molecule has 1 amide bonds. The number of likely N-dealkylation sites (tertiary alicyclic amines) is 1. The number of hydrogen-bond acceptors (Lipinski definition) is 2. The first-order valence-corrected chi connectivity index (χ1v) is 5.07. The Bertz CT molecular complexity index is 272. The van der Waals surface area contributed by atoms with Gasteiger partial charge in [-0.05, 0) is 25.7 Å². The average molecular weight is 196 g/mol. The molecule has 2 rings (SSSR count). The van der Waals surface area contributed by atoms with E-state index in [0.29, 0.717) is 12.0 Å². The molecule has 2 aliphatic rings. The molecule has 0 aromatic heterocycles. The Labute approximate surface area is 83.1 Å². The molecular weight excluding hydrogens is 180 g/mol. The fourth-order valence-corrected chi connectivity index (χ4v) is 1.80. The van der Waals surface area contributed by atoms with Gasteiger partial charge in [0.2, 0.25) is 5.91 Å². The van der Waals surface area contributed by atoms with Crippen LogP contribution in [0.3, 0.4) is 0 Å². The molecule has 0 bridgehead atoms. The largest absolute Gasteiger partial charge is 0.370 e. The zero-order chi connectivity index (χ0) is 10.1. The minimum Gasteiger partial charge on any atom is -0.370 e. The summed E-state index contributed by atoms with van der Waals surface area (Å²) in [5.74, 6) is 0.199. The summed E-state index contributed by atoms with van der Waals surface area (Å²) in [6.45, 7) is 0.801. The van der Waals surface area contributed by atoms with Crippen LogP contribution >= 0.6 is 0 Å². The fraction of sp³-hybridized carbons (Fsp3) is 0.778. The smallest absolute Gasteiger partial charge is 0.240 e. The standard InChI is InChI=1S/C9H16N4O/c10-8(14)7-2-1-5-13(7)9(11)12-6-3-4-6/h6-7H,1-5H2,(H2,10,14)(H2,11,12). The van der Waals surface area contributed by atoms with Crippen molar-refractivity contribution in [1.29, 1.82) is 0 Å². The van der Waals surface area contributed by atoms with Crippen LogP contribution in [0.1, 0.15) is 25.7 Å². The number of primary amides is 1. The number of carbonyl (C=O) groups is 1. The van der Waals surface area contributed by atoms with E-state index in [0.717, 1.165) is 32.2 Å². The monoisotopic (exact) mass is 196 g/mol. The van der Waals surface area contributed by atoms with Crippen LogP contribution in [0, 0.1) is 0 Å². The summed E-state index contributed by atoms with van der Waals surface area (Å²) in [4.78, 5) is 17.2. The summed E-state index contributed by atoms with van der Waals surface area (Å²) in [6.07, 6.45) is 4.01. The quantitative estimate of drug-likeness (QED) is 0.457. The maximum absolute atomic E-state index is 11.1. The SMILES string of the molecule is NC(=O)C1CCCN1C(N)=NC1CC1. The summed E-state index contributed by atoms with van der Waals surface area (Å²) in [7, 11) is 0. The Morgan fingerprint density at radius 3 is 2.57 bits per heavy atom. The first-order valence-electron chi connectivity index (χ1n) is 5.07. The molecule has 5 nitrogen and oxygen atoms in total. The topological polar surface area (TPSA) is 84.7 Å². The van der Waals surface area contributed by atoms with E-state index in [-0.39, 0.29) is 11.9 Å². The highest BCUT2D eigenvalue weighted by Gasteiger charge is 2.31. The third-order valence-electron chi connectivity index (χ3n) is 2.74. The molecule has 1 heterocycles. The second-order valence-corrected chi connectivity index (χ2v) is 3.97. The Balaban J connectivity index is 2.04. The predicted octanol–water partition coefficient (Wildman–Crippen LogP) is -0.587. The predicted molar refractivity (Wildman–Crippen MR) is 53.6 cm³/mol. The van der Waals surface area contributed by atoms with Crippen molar-refractivity contribution >= 4 is 11.9 Å². The molecule has 1 unspecified atom stereocenters. The minimum absolute atomic E-state index is 0.238. The highest BCUT2D eigenvalue weighted by Crippen LogP contribution is 2.24. The first kappa shape index (κ1) is 9.30. The molecule has 1 aliphatic carbocycles. The van der Waals surface area contributed by atoms with Crippen LogP contribution in [0.5, 0.6) is 0 Å². The second-order valence-electron chi connectivity index (χ2n) is 3.97. The highest BCUT2D eigenvalue weighted by atomic mass is 16.1. The molecule has 14 heavy (non-hydrogen) atoms. The lowest BCUT2D eigenvalue weighted by Gasteiger charge is -2.22. The first-order chi connectivity index (χ1) is 6.68. The van der Waals surface area contributed by atoms with E-state index in [9.17, 15) is 4.79 Å². The van der Waals surface area contributed by atoms with Crippen molar-refractivity contribution < 1.29 is 4.79 Å². The molecule has 0 spiro atoms. The van der Waals surface area contributed by atoms with Gasteiger partial charge in [-0.15, -0.1) is 0 Å².